The number of piperidine rings is 1. The summed E-state index contributed by atoms with van der Waals surface area (Å²) >= 11 is 1.69. The Morgan fingerprint density at radius 2 is 2.19 bits per heavy atom. The molecule has 1 aliphatic rings. The van der Waals surface area contributed by atoms with Crippen molar-refractivity contribution in [3.05, 3.63) is 10.6 Å². The van der Waals surface area contributed by atoms with E-state index in [0.717, 1.165) is 28.8 Å². The van der Waals surface area contributed by atoms with Crippen LogP contribution in [0.2, 0.25) is 0 Å². The van der Waals surface area contributed by atoms with Crippen molar-refractivity contribution in [2.75, 3.05) is 18.0 Å². The molecule has 118 valence electrons. The van der Waals surface area contributed by atoms with Gasteiger partial charge in [0.25, 0.3) is 0 Å². The Kier molecular flexibility index (Phi) is 4.91. The van der Waals surface area contributed by atoms with Crippen LogP contribution in [0.15, 0.2) is 0 Å². The Morgan fingerprint density at radius 1 is 1.48 bits per heavy atom. The van der Waals surface area contributed by atoms with E-state index in [-0.39, 0.29) is 11.8 Å². The number of thiazole rings is 1. The predicted octanol–water partition coefficient (Wildman–Crippen LogP) is 3.69. The maximum Gasteiger partial charge on any atom is 0.303 e. The molecule has 0 bridgehead atoms. The van der Waals surface area contributed by atoms with Crippen molar-refractivity contribution in [2.45, 2.75) is 58.8 Å². The third-order valence-electron chi connectivity index (χ3n) is 3.89. The molecule has 0 radical (unpaired) electrons. The van der Waals surface area contributed by atoms with Gasteiger partial charge in [0.05, 0.1) is 12.1 Å². The number of aliphatic carboxylic acids is 1. The molecule has 1 aromatic heterocycles. The molecule has 4 nitrogen and oxygen atoms in total. The van der Waals surface area contributed by atoms with Gasteiger partial charge >= 0.3 is 5.97 Å². The van der Waals surface area contributed by atoms with Gasteiger partial charge in [0.2, 0.25) is 0 Å². The Labute approximate surface area is 131 Å². The molecule has 1 atom stereocenters. The zero-order valence-corrected chi connectivity index (χ0v) is 14.3. The molecule has 1 saturated heterocycles. The fourth-order valence-corrected chi connectivity index (χ4v) is 4.12. The van der Waals surface area contributed by atoms with Gasteiger partial charge in [-0.2, -0.15) is 0 Å². The van der Waals surface area contributed by atoms with Crippen LogP contribution in [-0.2, 0) is 16.6 Å². The van der Waals surface area contributed by atoms with Crippen LogP contribution in [0.3, 0.4) is 0 Å². The summed E-state index contributed by atoms with van der Waals surface area (Å²) in [7, 11) is 0. The molecule has 2 heterocycles. The molecule has 0 aliphatic carbocycles. The standard InChI is InChI=1S/C16H26N2O2S/c1-11-6-5-9-18(10-11)15-17-14(16(2,3)4)12(21-15)7-8-13(19)20/h11H,5-10H2,1-4H3,(H,19,20). The summed E-state index contributed by atoms with van der Waals surface area (Å²) in [5.74, 6) is -0.0281. The van der Waals surface area contributed by atoms with Gasteiger partial charge in [-0.25, -0.2) is 4.98 Å². The monoisotopic (exact) mass is 310 g/mol. The minimum Gasteiger partial charge on any atom is -0.481 e. The Balaban J connectivity index is 2.24. The van der Waals surface area contributed by atoms with Gasteiger partial charge < -0.3 is 10.0 Å². The van der Waals surface area contributed by atoms with E-state index in [1.807, 2.05) is 0 Å². The minimum atomic E-state index is -0.739. The molecule has 1 unspecified atom stereocenters. The molecule has 0 amide bonds. The number of carboxylic acids is 1. The molecule has 1 aliphatic heterocycles. The predicted molar refractivity (Wildman–Crippen MR) is 87.4 cm³/mol. The van der Waals surface area contributed by atoms with Crippen LogP contribution in [0.5, 0.6) is 0 Å². The number of rotatable bonds is 4. The number of nitrogens with zero attached hydrogens (tertiary/aromatic N) is 2. The maximum absolute atomic E-state index is 10.9. The van der Waals surface area contributed by atoms with E-state index in [0.29, 0.717) is 12.3 Å². The number of anilines is 1. The zero-order chi connectivity index (χ0) is 15.6. The summed E-state index contributed by atoms with van der Waals surface area (Å²) in [5, 5.41) is 10.0. The topological polar surface area (TPSA) is 53.4 Å². The lowest BCUT2D eigenvalue weighted by molar-refractivity contribution is -0.136. The van der Waals surface area contributed by atoms with E-state index in [1.54, 1.807) is 11.3 Å². The van der Waals surface area contributed by atoms with Crippen molar-refractivity contribution in [3.8, 4) is 0 Å². The van der Waals surface area contributed by atoms with Gasteiger partial charge in [0, 0.05) is 23.4 Å². The molecular weight excluding hydrogens is 284 g/mol. The Bertz CT molecular complexity index is 505. The first-order valence-corrected chi connectivity index (χ1v) is 8.56. The van der Waals surface area contributed by atoms with Crippen molar-refractivity contribution in [1.29, 1.82) is 0 Å². The number of aromatic nitrogens is 1. The van der Waals surface area contributed by atoms with E-state index < -0.39 is 5.97 Å². The fraction of sp³-hybridized carbons (Fsp3) is 0.750. The highest BCUT2D eigenvalue weighted by atomic mass is 32.1. The zero-order valence-electron chi connectivity index (χ0n) is 13.5. The van der Waals surface area contributed by atoms with Gasteiger partial charge in [-0.1, -0.05) is 27.7 Å². The minimum absolute atomic E-state index is 0.0377. The van der Waals surface area contributed by atoms with E-state index in [4.69, 9.17) is 10.1 Å². The second-order valence-corrected chi connectivity index (χ2v) is 8.17. The summed E-state index contributed by atoms with van der Waals surface area (Å²) in [6.45, 7) is 10.9. The Hall–Kier alpha value is -1.10. The number of carboxylic acid groups (broad SMARTS) is 1. The second-order valence-electron chi connectivity index (χ2n) is 7.11. The van der Waals surface area contributed by atoms with Crippen LogP contribution in [0.25, 0.3) is 0 Å². The second kappa shape index (κ2) is 6.34. The summed E-state index contributed by atoms with van der Waals surface area (Å²) in [5.41, 5.74) is 1.03. The highest BCUT2D eigenvalue weighted by Crippen LogP contribution is 2.36. The molecular formula is C16H26N2O2S. The molecule has 1 N–H and O–H groups in total. The van der Waals surface area contributed by atoms with E-state index >= 15 is 0 Å². The van der Waals surface area contributed by atoms with E-state index in [1.165, 1.54) is 12.8 Å². The third kappa shape index (κ3) is 4.19. The summed E-state index contributed by atoms with van der Waals surface area (Å²) in [6, 6.07) is 0. The lowest BCUT2D eigenvalue weighted by atomic mass is 9.90. The molecule has 1 fully saturated rings. The first-order chi connectivity index (χ1) is 9.77. The van der Waals surface area contributed by atoms with Crippen LogP contribution in [0.1, 0.15) is 57.5 Å². The highest BCUT2D eigenvalue weighted by Gasteiger charge is 2.26. The molecule has 1 aromatic rings. The van der Waals surface area contributed by atoms with Gasteiger partial charge in [-0.15, -0.1) is 11.3 Å². The fourth-order valence-electron chi connectivity index (χ4n) is 2.81. The first-order valence-electron chi connectivity index (χ1n) is 7.74. The summed E-state index contributed by atoms with van der Waals surface area (Å²) in [4.78, 5) is 19.2. The van der Waals surface area contributed by atoms with Crippen molar-refractivity contribution < 1.29 is 9.90 Å². The molecule has 2 rings (SSSR count). The highest BCUT2D eigenvalue weighted by molar-refractivity contribution is 7.15. The average molecular weight is 310 g/mol. The molecule has 0 aromatic carbocycles. The number of carbonyl (C=O) groups is 1. The molecule has 21 heavy (non-hydrogen) atoms. The molecule has 5 heteroatoms. The molecule has 0 saturated carbocycles. The van der Waals surface area contributed by atoms with Crippen LogP contribution in [-0.4, -0.2) is 29.1 Å². The summed E-state index contributed by atoms with van der Waals surface area (Å²) < 4.78 is 0. The van der Waals surface area contributed by atoms with Gasteiger partial charge in [-0.05, 0) is 25.2 Å². The summed E-state index contributed by atoms with van der Waals surface area (Å²) in [6.07, 6.45) is 3.28. The van der Waals surface area contributed by atoms with Crippen LogP contribution >= 0.6 is 11.3 Å². The quantitative estimate of drug-likeness (QED) is 0.921. The van der Waals surface area contributed by atoms with Crippen molar-refractivity contribution in [1.82, 2.24) is 4.98 Å². The number of hydrogen-bond acceptors (Lipinski definition) is 4. The van der Waals surface area contributed by atoms with E-state index in [9.17, 15) is 4.79 Å². The van der Waals surface area contributed by atoms with Gasteiger partial charge in [-0.3, -0.25) is 4.79 Å². The normalized spacial score (nSPS) is 19.8. The van der Waals surface area contributed by atoms with Crippen molar-refractivity contribution in [3.63, 3.8) is 0 Å². The van der Waals surface area contributed by atoms with Crippen LogP contribution < -0.4 is 4.90 Å². The van der Waals surface area contributed by atoms with Crippen molar-refractivity contribution in [2.24, 2.45) is 5.92 Å². The van der Waals surface area contributed by atoms with Gasteiger partial charge in [0.15, 0.2) is 5.13 Å². The van der Waals surface area contributed by atoms with Crippen LogP contribution in [0, 0.1) is 5.92 Å². The third-order valence-corrected chi connectivity index (χ3v) is 5.07. The SMILES string of the molecule is CC1CCCN(c2nc(C(C)(C)C)c(CCC(=O)O)s2)C1. The van der Waals surface area contributed by atoms with Crippen LogP contribution in [0.4, 0.5) is 5.13 Å². The van der Waals surface area contributed by atoms with E-state index in [2.05, 4.69) is 32.6 Å². The first kappa shape index (κ1) is 16.3. The molecule has 0 spiro atoms. The smallest absolute Gasteiger partial charge is 0.303 e. The largest absolute Gasteiger partial charge is 0.481 e. The number of aryl methyl sites for hydroxylation is 1. The average Bonchev–Trinajstić information content (AvgIpc) is 2.80. The lowest BCUT2D eigenvalue weighted by Gasteiger charge is -2.30. The van der Waals surface area contributed by atoms with Crippen molar-refractivity contribution >= 4 is 22.4 Å². The maximum atomic E-state index is 10.9. The Morgan fingerprint density at radius 3 is 2.76 bits per heavy atom. The lowest BCUT2D eigenvalue weighted by Crippen LogP contribution is -2.34. The number of hydrogen-bond donors (Lipinski definition) is 1. The van der Waals surface area contributed by atoms with Gasteiger partial charge in [0.1, 0.15) is 0 Å².